The van der Waals surface area contributed by atoms with Crippen molar-refractivity contribution in [1.82, 2.24) is 0 Å². The van der Waals surface area contributed by atoms with E-state index in [0.717, 1.165) is 34.6 Å². The zero-order valence-corrected chi connectivity index (χ0v) is 15.2. The van der Waals surface area contributed by atoms with Gasteiger partial charge in [-0.1, -0.05) is 60.6 Å². The van der Waals surface area contributed by atoms with Gasteiger partial charge in [0.25, 0.3) is 0 Å². The normalized spacial score (nSPS) is 11.3. The minimum atomic E-state index is -0.239. The van der Waals surface area contributed by atoms with E-state index in [-0.39, 0.29) is 5.82 Å². The molecule has 27 heavy (non-hydrogen) atoms. The molecule has 0 heterocycles. The third kappa shape index (κ3) is 5.42. The van der Waals surface area contributed by atoms with Crippen LogP contribution >= 0.6 is 0 Å². The number of hydrogen-bond acceptors (Lipinski definition) is 3. The Balaban J connectivity index is 1.57. The van der Waals surface area contributed by atoms with Gasteiger partial charge < -0.3 is 9.57 Å². The lowest BCUT2D eigenvalue weighted by molar-refractivity contribution is 0.107. The SMILES string of the molecule is CCC(=NOCCOc1c[c]ccc1)c1ccc(-c2cccc(F)c2)cc1. The molecule has 0 saturated carbocycles. The zero-order valence-electron chi connectivity index (χ0n) is 15.2. The summed E-state index contributed by atoms with van der Waals surface area (Å²) in [5.41, 5.74) is 3.65. The number of halogens is 1. The van der Waals surface area contributed by atoms with E-state index in [0.29, 0.717) is 13.2 Å². The molecule has 137 valence electrons. The van der Waals surface area contributed by atoms with Crippen LogP contribution in [-0.2, 0) is 4.84 Å². The second-order valence-electron chi connectivity index (χ2n) is 5.90. The largest absolute Gasteiger partial charge is 0.490 e. The van der Waals surface area contributed by atoms with Gasteiger partial charge in [0.1, 0.15) is 18.2 Å². The van der Waals surface area contributed by atoms with Crippen molar-refractivity contribution in [2.75, 3.05) is 13.2 Å². The van der Waals surface area contributed by atoms with E-state index in [1.807, 2.05) is 55.5 Å². The van der Waals surface area contributed by atoms with E-state index in [9.17, 15) is 4.39 Å². The molecule has 0 amide bonds. The average Bonchev–Trinajstić information content (AvgIpc) is 2.72. The molecular formula is C23H21FNO2. The summed E-state index contributed by atoms with van der Waals surface area (Å²) in [6.45, 7) is 2.80. The van der Waals surface area contributed by atoms with Crippen molar-refractivity contribution in [3.05, 3.63) is 90.2 Å². The number of rotatable bonds is 8. The topological polar surface area (TPSA) is 30.8 Å². The van der Waals surface area contributed by atoms with Gasteiger partial charge in [-0.25, -0.2) is 4.39 Å². The summed E-state index contributed by atoms with van der Waals surface area (Å²) >= 11 is 0. The summed E-state index contributed by atoms with van der Waals surface area (Å²) in [4.78, 5) is 5.40. The van der Waals surface area contributed by atoms with Crippen LogP contribution in [0, 0.1) is 11.9 Å². The second kappa shape index (κ2) is 9.53. The fourth-order valence-electron chi connectivity index (χ4n) is 2.63. The van der Waals surface area contributed by atoms with Gasteiger partial charge in [-0.15, -0.1) is 0 Å². The van der Waals surface area contributed by atoms with Gasteiger partial charge in [-0.3, -0.25) is 0 Å². The van der Waals surface area contributed by atoms with Crippen LogP contribution in [0.1, 0.15) is 18.9 Å². The molecule has 3 nitrogen and oxygen atoms in total. The average molecular weight is 362 g/mol. The fraction of sp³-hybridized carbons (Fsp3) is 0.174. The molecular weight excluding hydrogens is 341 g/mol. The zero-order chi connectivity index (χ0) is 18.9. The maximum absolute atomic E-state index is 13.4. The Morgan fingerprint density at radius 3 is 2.56 bits per heavy atom. The first-order valence-corrected chi connectivity index (χ1v) is 8.90. The smallest absolute Gasteiger partial charge is 0.151 e. The van der Waals surface area contributed by atoms with Crippen molar-refractivity contribution in [1.29, 1.82) is 0 Å². The first-order valence-electron chi connectivity index (χ1n) is 8.90. The predicted octanol–water partition coefficient (Wildman–Crippen LogP) is 5.50. The van der Waals surface area contributed by atoms with Gasteiger partial charge in [0.05, 0.1) is 5.71 Å². The van der Waals surface area contributed by atoms with Crippen molar-refractivity contribution < 1.29 is 14.0 Å². The molecule has 0 aliphatic heterocycles. The molecule has 0 aromatic heterocycles. The van der Waals surface area contributed by atoms with E-state index in [1.165, 1.54) is 12.1 Å². The molecule has 4 heteroatoms. The van der Waals surface area contributed by atoms with Crippen LogP contribution in [-0.4, -0.2) is 18.9 Å². The van der Waals surface area contributed by atoms with Gasteiger partial charge >= 0.3 is 0 Å². The molecule has 3 aromatic carbocycles. The van der Waals surface area contributed by atoms with Gasteiger partial charge in [-0.2, -0.15) is 0 Å². The Morgan fingerprint density at radius 1 is 1.00 bits per heavy atom. The molecule has 0 fully saturated rings. The molecule has 3 rings (SSSR count). The number of ether oxygens (including phenoxy) is 1. The molecule has 0 spiro atoms. The summed E-state index contributed by atoms with van der Waals surface area (Å²) in [5, 5.41) is 4.23. The molecule has 0 bridgehead atoms. The molecule has 0 unspecified atom stereocenters. The highest BCUT2D eigenvalue weighted by atomic mass is 19.1. The quantitative estimate of drug-likeness (QED) is 0.301. The van der Waals surface area contributed by atoms with E-state index in [1.54, 1.807) is 12.1 Å². The first-order chi connectivity index (χ1) is 13.3. The number of oxime groups is 1. The van der Waals surface area contributed by atoms with E-state index >= 15 is 0 Å². The number of benzene rings is 3. The summed E-state index contributed by atoms with van der Waals surface area (Å²) in [7, 11) is 0. The minimum Gasteiger partial charge on any atom is -0.490 e. The molecule has 0 atom stereocenters. The third-order valence-electron chi connectivity index (χ3n) is 4.01. The van der Waals surface area contributed by atoms with Gasteiger partial charge in [-0.05, 0) is 53.4 Å². The number of hydrogen-bond donors (Lipinski definition) is 0. The lowest BCUT2D eigenvalue weighted by atomic mass is 10.0. The highest BCUT2D eigenvalue weighted by Gasteiger charge is 2.04. The maximum Gasteiger partial charge on any atom is 0.151 e. The Labute approximate surface area is 159 Å². The highest BCUT2D eigenvalue weighted by Crippen LogP contribution is 2.21. The van der Waals surface area contributed by atoms with Crippen molar-refractivity contribution >= 4 is 5.71 Å². The van der Waals surface area contributed by atoms with Crippen molar-refractivity contribution in [3.63, 3.8) is 0 Å². The van der Waals surface area contributed by atoms with E-state index < -0.39 is 0 Å². The van der Waals surface area contributed by atoms with Crippen LogP contribution in [0.4, 0.5) is 4.39 Å². The summed E-state index contributed by atoms with van der Waals surface area (Å²) in [6, 6.07) is 24.7. The van der Waals surface area contributed by atoms with Gasteiger partial charge in [0.15, 0.2) is 6.61 Å². The monoisotopic (exact) mass is 362 g/mol. The predicted molar refractivity (Wildman–Crippen MR) is 105 cm³/mol. The maximum atomic E-state index is 13.4. The lowest BCUT2D eigenvalue weighted by Gasteiger charge is -2.08. The van der Waals surface area contributed by atoms with E-state index in [4.69, 9.17) is 9.57 Å². The third-order valence-corrected chi connectivity index (χ3v) is 4.01. The first kappa shape index (κ1) is 18.6. The summed E-state index contributed by atoms with van der Waals surface area (Å²) < 4.78 is 18.9. The molecule has 0 aliphatic carbocycles. The van der Waals surface area contributed by atoms with Crippen LogP contribution in [0.3, 0.4) is 0 Å². The van der Waals surface area contributed by atoms with Crippen LogP contribution in [0.5, 0.6) is 5.75 Å². The van der Waals surface area contributed by atoms with E-state index in [2.05, 4.69) is 11.2 Å². The Kier molecular flexibility index (Phi) is 6.58. The summed E-state index contributed by atoms with van der Waals surface area (Å²) in [5.74, 6) is 0.519. The lowest BCUT2D eigenvalue weighted by Crippen LogP contribution is -2.06. The Morgan fingerprint density at radius 2 is 1.85 bits per heavy atom. The van der Waals surface area contributed by atoms with Crippen LogP contribution < -0.4 is 4.74 Å². The standard InChI is InChI=1S/C23H21FNO2/c1-2-23(25-27-16-15-26-22-9-4-3-5-10-22)19-13-11-18(12-14-19)20-7-6-8-21(24)17-20/h3-4,6-14,17H,2,15-16H2,1H3. The van der Waals surface area contributed by atoms with Crippen LogP contribution in [0.2, 0.25) is 0 Å². The van der Waals surface area contributed by atoms with Gasteiger partial charge in [0, 0.05) is 0 Å². The molecule has 1 radical (unpaired) electrons. The molecule has 0 aliphatic rings. The second-order valence-corrected chi connectivity index (χ2v) is 5.90. The minimum absolute atomic E-state index is 0.239. The Hall–Kier alpha value is -3.14. The number of nitrogens with zero attached hydrogens (tertiary/aromatic N) is 1. The van der Waals surface area contributed by atoms with Crippen molar-refractivity contribution in [2.45, 2.75) is 13.3 Å². The molecule has 0 saturated heterocycles. The summed E-state index contributed by atoms with van der Waals surface area (Å²) in [6.07, 6.45) is 0.744. The highest BCUT2D eigenvalue weighted by molar-refractivity contribution is 6.00. The fourth-order valence-corrected chi connectivity index (χ4v) is 2.63. The molecule has 3 aromatic rings. The van der Waals surface area contributed by atoms with Gasteiger partial charge in [0.2, 0.25) is 0 Å². The van der Waals surface area contributed by atoms with Crippen molar-refractivity contribution in [2.24, 2.45) is 5.16 Å². The van der Waals surface area contributed by atoms with Crippen LogP contribution in [0.15, 0.2) is 78.0 Å². The Bertz CT molecular complexity index is 876. The van der Waals surface area contributed by atoms with Crippen molar-refractivity contribution in [3.8, 4) is 16.9 Å². The van der Waals surface area contributed by atoms with Crippen LogP contribution in [0.25, 0.3) is 11.1 Å². The molecule has 0 N–H and O–H groups in total.